The van der Waals surface area contributed by atoms with Crippen LogP contribution in [-0.4, -0.2) is 18.1 Å². The number of nitro groups is 1. The molecule has 1 N–H and O–H groups in total. The molecule has 0 saturated heterocycles. The van der Waals surface area contributed by atoms with Gasteiger partial charge < -0.3 is 19.2 Å². The Morgan fingerprint density at radius 3 is 2.62 bits per heavy atom. The van der Waals surface area contributed by atoms with Gasteiger partial charge in [0.15, 0.2) is 11.5 Å². The molecule has 2 aromatic rings. The lowest BCUT2D eigenvalue weighted by atomic mass is 10.2. The first kappa shape index (κ1) is 13.6. The molecule has 0 atom stereocenters. The third-order valence-electron chi connectivity index (χ3n) is 2.91. The first-order valence-electron chi connectivity index (χ1n) is 6.19. The molecule has 7 nitrogen and oxygen atoms in total. The molecule has 0 aliphatic carbocycles. The molecule has 1 aromatic heterocycles. The summed E-state index contributed by atoms with van der Waals surface area (Å²) in [4.78, 5) is 9.96. The van der Waals surface area contributed by atoms with Crippen molar-refractivity contribution in [1.29, 1.82) is 0 Å². The Morgan fingerprint density at radius 1 is 1.24 bits per heavy atom. The van der Waals surface area contributed by atoms with Crippen LogP contribution in [0.15, 0.2) is 28.7 Å². The van der Waals surface area contributed by atoms with E-state index in [0.717, 1.165) is 0 Å². The van der Waals surface area contributed by atoms with Crippen LogP contribution in [0.5, 0.6) is 11.5 Å². The van der Waals surface area contributed by atoms with Crippen LogP contribution in [0.4, 0.5) is 11.6 Å². The van der Waals surface area contributed by atoms with Crippen molar-refractivity contribution in [3.8, 4) is 11.5 Å². The van der Waals surface area contributed by atoms with Gasteiger partial charge >= 0.3 is 5.88 Å². The molecule has 8 heteroatoms. The van der Waals surface area contributed by atoms with Crippen molar-refractivity contribution in [2.24, 2.45) is 0 Å². The van der Waals surface area contributed by atoms with Gasteiger partial charge in [-0.1, -0.05) is 11.6 Å². The molecule has 0 fully saturated rings. The van der Waals surface area contributed by atoms with Crippen molar-refractivity contribution in [3.63, 3.8) is 0 Å². The molecule has 3 rings (SSSR count). The fourth-order valence-electron chi connectivity index (χ4n) is 1.94. The minimum Gasteiger partial charge on any atom is -0.486 e. The summed E-state index contributed by atoms with van der Waals surface area (Å²) in [5, 5.41) is 14.1. The van der Waals surface area contributed by atoms with E-state index in [1.807, 2.05) is 0 Å². The summed E-state index contributed by atoms with van der Waals surface area (Å²) in [6.07, 6.45) is 0. The topological polar surface area (TPSA) is 86.8 Å². The zero-order valence-electron chi connectivity index (χ0n) is 10.8. The molecule has 0 bridgehead atoms. The Hall–Kier alpha value is -2.41. The SMILES string of the molecule is O=[N+]([O-])c1ccc(CNc2cc3c(cc2Cl)OCCO3)o1. The van der Waals surface area contributed by atoms with Gasteiger partial charge in [-0.3, -0.25) is 10.1 Å². The summed E-state index contributed by atoms with van der Waals surface area (Å²) in [7, 11) is 0. The van der Waals surface area contributed by atoms with Crippen LogP contribution in [0.25, 0.3) is 0 Å². The number of fused-ring (bicyclic) bond motifs is 1. The van der Waals surface area contributed by atoms with Crippen molar-refractivity contribution in [1.82, 2.24) is 0 Å². The lowest BCUT2D eigenvalue weighted by Gasteiger charge is -2.20. The van der Waals surface area contributed by atoms with Crippen LogP contribution >= 0.6 is 11.6 Å². The van der Waals surface area contributed by atoms with Crippen molar-refractivity contribution in [2.75, 3.05) is 18.5 Å². The van der Waals surface area contributed by atoms with Gasteiger partial charge in [0.25, 0.3) is 0 Å². The van der Waals surface area contributed by atoms with E-state index < -0.39 is 4.92 Å². The number of benzene rings is 1. The summed E-state index contributed by atoms with van der Waals surface area (Å²) in [5.74, 6) is 1.36. The molecule has 2 heterocycles. The highest BCUT2D eigenvalue weighted by Gasteiger charge is 2.16. The summed E-state index contributed by atoms with van der Waals surface area (Å²) < 4.78 is 16.0. The molecular formula is C13H11ClN2O5. The Bertz CT molecular complexity index is 685. The third kappa shape index (κ3) is 2.87. The van der Waals surface area contributed by atoms with Crippen molar-refractivity contribution >= 4 is 23.2 Å². The van der Waals surface area contributed by atoms with Gasteiger partial charge in [0.05, 0.1) is 23.3 Å². The monoisotopic (exact) mass is 310 g/mol. The van der Waals surface area contributed by atoms with E-state index in [1.54, 1.807) is 12.1 Å². The zero-order chi connectivity index (χ0) is 14.8. The van der Waals surface area contributed by atoms with Crippen LogP contribution in [0.2, 0.25) is 5.02 Å². The smallest absolute Gasteiger partial charge is 0.433 e. The van der Waals surface area contributed by atoms with Crippen LogP contribution in [0.3, 0.4) is 0 Å². The van der Waals surface area contributed by atoms with Crippen LogP contribution in [0.1, 0.15) is 5.76 Å². The number of halogens is 1. The second kappa shape index (κ2) is 5.53. The predicted octanol–water partition coefficient (Wildman–Crippen LogP) is 3.22. The van der Waals surface area contributed by atoms with E-state index in [0.29, 0.717) is 41.2 Å². The number of hydrogen-bond acceptors (Lipinski definition) is 6. The molecule has 0 radical (unpaired) electrons. The molecule has 0 spiro atoms. The summed E-state index contributed by atoms with van der Waals surface area (Å²) in [5.41, 5.74) is 0.639. The first-order valence-corrected chi connectivity index (χ1v) is 6.57. The van der Waals surface area contributed by atoms with Crippen LogP contribution in [-0.2, 0) is 6.54 Å². The lowest BCUT2D eigenvalue weighted by Crippen LogP contribution is -2.15. The molecule has 0 saturated carbocycles. The molecule has 1 aromatic carbocycles. The van der Waals surface area contributed by atoms with E-state index in [-0.39, 0.29) is 12.4 Å². The van der Waals surface area contributed by atoms with Gasteiger partial charge in [0, 0.05) is 12.1 Å². The van der Waals surface area contributed by atoms with E-state index in [4.69, 9.17) is 25.5 Å². The van der Waals surface area contributed by atoms with Gasteiger partial charge in [0.2, 0.25) is 0 Å². The number of hydrogen-bond donors (Lipinski definition) is 1. The lowest BCUT2D eigenvalue weighted by molar-refractivity contribution is -0.402. The number of furan rings is 1. The number of rotatable bonds is 4. The quantitative estimate of drug-likeness (QED) is 0.689. The molecule has 1 aliphatic rings. The number of nitrogens with one attached hydrogen (secondary N) is 1. The fraction of sp³-hybridized carbons (Fsp3) is 0.231. The molecule has 1 aliphatic heterocycles. The van der Waals surface area contributed by atoms with E-state index in [2.05, 4.69) is 5.32 Å². The minimum atomic E-state index is -0.583. The van der Waals surface area contributed by atoms with Crippen LogP contribution in [0, 0.1) is 10.1 Å². The van der Waals surface area contributed by atoms with Gasteiger partial charge in [0.1, 0.15) is 23.9 Å². The van der Waals surface area contributed by atoms with Crippen molar-refractivity contribution in [3.05, 3.63) is 45.2 Å². The fourth-order valence-corrected chi connectivity index (χ4v) is 2.16. The Morgan fingerprint density at radius 2 is 1.95 bits per heavy atom. The van der Waals surface area contributed by atoms with Gasteiger partial charge in [-0.2, -0.15) is 0 Å². The number of nitrogens with zero attached hydrogens (tertiary/aromatic N) is 1. The molecule has 21 heavy (non-hydrogen) atoms. The maximum Gasteiger partial charge on any atom is 0.433 e. The number of ether oxygens (including phenoxy) is 2. The van der Waals surface area contributed by atoms with Gasteiger partial charge in [-0.05, 0) is 6.07 Å². The second-order valence-corrected chi connectivity index (χ2v) is 4.73. The first-order chi connectivity index (χ1) is 10.1. The van der Waals surface area contributed by atoms with E-state index >= 15 is 0 Å². The minimum absolute atomic E-state index is 0.271. The maximum absolute atomic E-state index is 10.5. The van der Waals surface area contributed by atoms with Gasteiger partial charge in [-0.15, -0.1) is 0 Å². The predicted molar refractivity (Wildman–Crippen MR) is 75.1 cm³/mol. The van der Waals surface area contributed by atoms with E-state index in [9.17, 15) is 10.1 Å². The van der Waals surface area contributed by atoms with Crippen molar-refractivity contribution in [2.45, 2.75) is 6.54 Å². The highest BCUT2D eigenvalue weighted by atomic mass is 35.5. The summed E-state index contributed by atoms with van der Waals surface area (Å²) >= 11 is 6.15. The molecular weight excluding hydrogens is 300 g/mol. The highest BCUT2D eigenvalue weighted by molar-refractivity contribution is 6.33. The number of anilines is 1. The standard InChI is InChI=1S/C13H11ClN2O5/c14-9-5-11-12(20-4-3-19-11)6-10(9)15-7-8-1-2-13(21-8)16(17)18/h1-2,5-6,15H,3-4,7H2. The normalized spacial score (nSPS) is 13.0. The Balaban J connectivity index is 1.73. The van der Waals surface area contributed by atoms with E-state index in [1.165, 1.54) is 12.1 Å². The maximum atomic E-state index is 10.5. The molecule has 110 valence electrons. The third-order valence-corrected chi connectivity index (χ3v) is 3.23. The summed E-state index contributed by atoms with van der Waals surface area (Å²) in [6, 6.07) is 6.25. The summed E-state index contributed by atoms with van der Waals surface area (Å²) in [6.45, 7) is 1.25. The van der Waals surface area contributed by atoms with Gasteiger partial charge in [-0.25, -0.2) is 0 Å². The van der Waals surface area contributed by atoms with Crippen molar-refractivity contribution < 1.29 is 18.8 Å². The largest absolute Gasteiger partial charge is 0.486 e. The van der Waals surface area contributed by atoms with Crippen LogP contribution < -0.4 is 14.8 Å². The Kier molecular flexibility index (Phi) is 3.57. The Labute approximate surface area is 124 Å². The zero-order valence-corrected chi connectivity index (χ0v) is 11.6. The second-order valence-electron chi connectivity index (χ2n) is 4.33. The molecule has 0 unspecified atom stereocenters. The molecule has 0 amide bonds. The average molecular weight is 311 g/mol. The average Bonchev–Trinajstić information content (AvgIpc) is 2.94. The highest BCUT2D eigenvalue weighted by Crippen LogP contribution is 2.38.